The van der Waals surface area contributed by atoms with Crippen LogP contribution in [0.1, 0.15) is 15.9 Å². The molecule has 4 heteroatoms. The minimum absolute atomic E-state index is 0.100. The topological polar surface area (TPSA) is 33.2 Å². The van der Waals surface area contributed by atoms with Crippen LogP contribution in [0, 0.1) is 12.8 Å². The molecule has 1 aliphatic heterocycles. The van der Waals surface area contributed by atoms with Crippen LogP contribution in [-0.2, 0) is 0 Å². The maximum atomic E-state index is 11.9. The first-order chi connectivity index (χ1) is 7.20. The predicted molar refractivity (Wildman–Crippen MR) is 62.2 cm³/mol. The second-order valence-corrected chi connectivity index (χ2v) is 4.63. The number of hydrogen-bond donors (Lipinski definition) is 0. The number of likely N-dealkylation sites (tertiary alicyclic amines) is 1. The molecule has 0 atom stereocenters. The van der Waals surface area contributed by atoms with Crippen molar-refractivity contribution in [2.24, 2.45) is 5.92 Å². The molecule has 1 amide bonds. The Morgan fingerprint density at radius 3 is 2.93 bits per heavy atom. The number of hydrogen-bond acceptors (Lipinski definition) is 2. The molecule has 0 aromatic carbocycles. The van der Waals surface area contributed by atoms with Gasteiger partial charge in [0.1, 0.15) is 0 Å². The van der Waals surface area contributed by atoms with Crippen molar-refractivity contribution in [2.45, 2.75) is 6.92 Å². The maximum absolute atomic E-state index is 11.9. The lowest BCUT2D eigenvalue weighted by atomic mass is 10.0. The Bertz CT molecular complexity index is 375. The van der Waals surface area contributed by atoms with Gasteiger partial charge in [-0.25, -0.2) is 0 Å². The second-order valence-electron chi connectivity index (χ2n) is 3.98. The number of carbonyl (C=O) groups is 1. The minimum atomic E-state index is 0.100. The van der Waals surface area contributed by atoms with Crippen LogP contribution in [0.25, 0.3) is 0 Å². The van der Waals surface area contributed by atoms with E-state index in [1.54, 1.807) is 12.4 Å². The van der Waals surface area contributed by atoms with Crippen LogP contribution in [0.4, 0.5) is 0 Å². The van der Waals surface area contributed by atoms with E-state index in [0.717, 1.165) is 24.0 Å². The Hall–Kier alpha value is -0.900. The van der Waals surface area contributed by atoms with Crippen LogP contribution in [0.15, 0.2) is 18.5 Å². The Labute approximate surface area is 97.6 Å². The van der Waals surface area contributed by atoms with Gasteiger partial charge in [-0.2, -0.15) is 0 Å². The zero-order chi connectivity index (χ0) is 10.8. The van der Waals surface area contributed by atoms with Gasteiger partial charge >= 0.3 is 0 Å². The summed E-state index contributed by atoms with van der Waals surface area (Å²) in [5, 5.41) is 0.975. The molecule has 0 bridgehead atoms. The summed E-state index contributed by atoms with van der Waals surface area (Å²) in [5.41, 5.74) is 1.72. The van der Waals surface area contributed by atoms with E-state index in [9.17, 15) is 4.79 Å². The third-order valence-corrected chi connectivity index (χ3v) is 3.50. The summed E-state index contributed by atoms with van der Waals surface area (Å²) < 4.78 is 0. The molecule has 0 saturated carbocycles. The molecule has 15 heavy (non-hydrogen) atoms. The number of carbonyl (C=O) groups excluding carboxylic acids is 1. The van der Waals surface area contributed by atoms with Crippen molar-refractivity contribution in [2.75, 3.05) is 18.4 Å². The summed E-state index contributed by atoms with van der Waals surface area (Å²) in [6.45, 7) is 3.66. The van der Waals surface area contributed by atoms with Crippen molar-refractivity contribution in [1.82, 2.24) is 9.88 Å². The van der Waals surface area contributed by atoms with Gasteiger partial charge in [0.2, 0.25) is 0 Å². The molecule has 1 aromatic rings. The predicted octanol–water partition coefficient (Wildman–Crippen LogP) is 1.86. The number of halogens is 1. The number of aryl methyl sites for hydroxylation is 1. The quantitative estimate of drug-likeness (QED) is 0.768. The van der Waals surface area contributed by atoms with Crippen LogP contribution < -0.4 is 0 Å². The number of aromatic nitrogens is 1. The summed E-state index contributed by atoms with van der Waals surface area (Å²) in [5.74, 6) is 0.718. The molecule has 1 fully saturated rings. The minimum Gasteiger partial charge on any atom is -0.338 e. The van der Waals surface area contributed by atoms with E-state index in [4.69, 9.17) is 0 Å². The van der Waals surface area contributed by atoms with Crippen molar-refractivity contribution >= 4 is 21.8 Å². The van der Waals surface area contributed by atoms with E-state index in [-0.39, 0.29) is 5.91 Å². The molecule has 1 aromatic heterocycles. The molecule has 80 valence electrons. The summed E-state index contributed by atoms with van der Waals surface area (Å²) in [6, 6.07) is 1.89. The normalized spacial score (nSPS) is 16.3. The van der Waals surface area contributed by atoms with Gasteiger partial charge in [0.25, 0.3) is 5.91 Å². The highest BCUT2D eigenvalue weighted by molar-refractivity contribution is 9.09. The van der Waals surface area contributed by atoms with Crippen molar-refractivity contribution < 1.29 is 4.79 Å². The maximum Gasteiger partial charge on any atom is 0.255 e. The first kappa shape index (κ1) is 10.6. The summed E-state index contributed by atoms with van der Waals surface area (Å²) in [6.07, 6.45) is 3.39. The molecule has 1 saturated heterocycles. The van der Waals surface area contributed by atoms with Gasteiger partial charge in [-0.3, -0.25) is 9.78 Å². The van der Waals surface area contributed by atoms with E-state index in [1.165, 1.54) is 0 Å². The van der Waals surface area contributed by atoms with Gasteiger partial charge in [0.15, 0.2) is 0 Å². The van der Waals surface area contributed by atoms with E-state index in [2.05, 4.69) is 20.9 Å². The lowest BCUT2D eigenvalue weighted by molar-refractivity contribution is 0.0538. The monoisotopic (exact) mass is 268 g/mol. The van der Waals surface area contributed by atoms with Crippen LogP contribution in [-0.4, -0.2) is 34.2 Å². The molecule has 1 aliphatic rings. The number of amides is 1. The first-order valence-electron chi connectivity index (χ1n) is 4.97. The molecule has 0 aliphatic carbocycles. The van der Waals surface area contributed by atoms with Crippen LogP contribution in [0.5, 0.6) is 0 Å². The fourth-order valence-electron chi connectivity index (χ4n) is 1.69. The van der Waals surface area contributed by atoms with E-state index in [0.29, 0.717) is 11.5 Å². The van der Waals surface area contributed by atoms with Gasteiger partial charge in [0.05, 0.1) is 5.56 Å². The molecular weight excluding hydrogens is 256 g/mol. The highest BCUT2D eigenvalue weighted by Crippen LogP contribution is 2.20. The van der Waals surface area contributed by atoms with Gasteiger partial charge in [0, 0.05) is 36.7 Å². The SMILES string of the molecule is Cc1cncc(C(=O)N2CC(CBr)C2)c1. The number of nitrogens with zero attached hydrogens (tertiary/aromatic N) is 2. The Morgan fingerprint density at radius 1 is 1.60 bits per heavy atom. The van der Waals surface area contributed by atoms with Crippen LogP contribution in [0.2, 0.25) is 0 Å². The van der Waals surface area contributed by atoms with Crippen LogP contribution in [0.3, 0.4) is 0 Å². The summed E-state index contributed by atoms with van der Waals surface area (Å²) in [7, 11) is 0. The number of pyridine rings is 1. The largest absolute Gasteiger partial charge is 0.338 e. The smallest absolute Gasteiger partial charge is 0.255 e. The average molecular weight is 269 g/mol. The van der Waals surface area contributed by atoms with Gasteiger partial charge in [-0.05, 0) is 18.6 Å². The second kappa shape index (κ2) is 4.31. The van der Waals surface area contributed by atoms with Crippen LogP contribution >= 0.6 is 15.9 Å². The Balaban J connectivity index is 2.03. The van der Waals surface area contributed by atoms with Crippen molar-refractivity contribution in [1.29, 1.82) is 0 Å². The first-order valence-corrected chi connectivity index (χ1v) is 6.09. The molecule has 3 nitrogen and oxygen atoms in total. The standard InChI is InChI=1S/C11H13BrN2O/c1-8-2-10(5-13-4-8)11(15)14-6-9(3-12)7-14/h2,4-5,9H,3,6-7H2,1H3. The molecule has 0 radical (unpaired) electrons. The highest BCUT2D eigenvalue weighted by atomic mass is 79.9. The fraction of sp³-hybridized carbons (Fsp3) is 0.455. The number of rotatable bonds is 2. The lowest BCUT2D eigenvalue weighted by Crippen LogP contribution is -2.50. The lowest BCUT2D eigenvalue weighted by Gasteiger charge is -2.38. The molecule has 2 heterocycles. The van der Waals surface area contributed by atoms with E-state index < -0.39 is 0 Å². The van der Waals surface area contributed by atoms with Gasteiger partial charge < -0.3 is 4.90 Å². The van der Waals surface area contributed by atoms with Gasteiger partial charge in [-0.1, -0.05) is 15.9 Å². The number of alkyl halides is 1. The fourth-order valence-corrected chi connectivity index (χ4v) is 2.10. The molecule has 0 spiro atoms. The average Bonchev–Trinajstić information content (AvgIpc) is 2.16. The highest BCUT2D eigenvalue weighted by Gasteiger charge is 2.30. The molecule has 2 rings (SSSR count). The molecule has 0 unspecified atom stereocenters. The molecule has 0 N–H and O–H groups in total. The van der Waals surface area contributed by atoms with Crippen molar-refractivity contribution in [3.05, 3.63) is 29.6 Å². The Morgan fingerprint density at radius 2 is 2.33 bits per heavy atom. The third-order valence-electron chi connectivity index (χ3n) is 2.58. The third kappa shape index (κ3) is 2.20. The zero-order valence-electron chi connectivity index (χ0n) is 8.61. The van der Waals surface area contributed by atoms with E-state index in [1.807, 2.05) is 17.9 Å². The van der Waals surface area contributed by atoms with E-state index >= 15 is 0 Å². The summed E-state index contributed by atoms with van der Waals surface area (Å²) >= 11 is 3.42. The van der Waals surface area contributed by atoms with Crippen molar-refractivity contribution in [3.8, 4) is 0 Å². The van der Waals surface area contributed by atoms with Gasteiger partial charge in [-0.15, -0.1) is 0 Å². The molecular formula is C11H13BrN2O. The Kier molecular flexibility index (Phi) is 3.05. The summed E-state index contributed by atoms with van der Waals surface area (Å²) in [4.78, 5) is 17.8. The zero-order valence-corrected chi connectivity index (χ0v) is 10.2. The van der Waals surface area contributed by atoms with Crippen molar-refractivity contribution in [3.63, 3.8) is 0 Å².